The van der Waals surface area contributed by atoms with Gasteiger partial charge in [-0.2, -0.15) is 0 Å². The third-order valence-electron chi connectivity index (χ3n) is 4.80. The van der Waals surface area contributed by atoms with Crippen LogP contribution in [0.15, 0.2) is 54.6 Å². The number of aromatic nitrogens is 1. The van der Waals surface area contributed by atoms with Gasteiger partial charge in [-0.25, -0.2) is 4.98 Å². The van der Waals surface area contributed by atoms with Gasteiger partial charge in [0.25, 0.3) is 0 Å². The zero-order valence-electron chi connectivity index (χ0n) is 15.0. The summed E-state index contributed by atoms with van der Waals surface area (Å²) in [5.74, 6) is 0.687. The van der Waals surface area contributed by atoms with E-state index in [1.807, 2.05) is 18.2 Å². The summed E-state index contributed by atoms with van der Waals surface area (Å²) in [4.78, 5) is 7.10. The van der Waals surface area contributed by atoms with E-state index in [0.717, 1.165) is 29.7 Å². The van der Waals surface area contributed by atoms with Crippen molar-refractivity contribution < 1.29 is 5.11 Å². The van der Waals surface area contributed by atoms with Crippen LogP contribution in [0, 0.1) is 5.92 Å². The van der Waals surface area contributed by atoms with Crippen LogP contribution in [0.4, 0.5) is 0 Å². The second-order valence-electron chi connectivity index (χ2n) is 7.04. The summed E-state index contributed by atoms with van der Waals surface area (Å²) in [6.45, 7) is 0.966. The quantitative estimate of drug-likeness (QED) is 0.733. The smallest absolute Gasteiger partial charge is 0.116 e. The summed E-state index contributed by atoms with van der Waals surface area (Å²) in [7, 11) is 4.21. The molecular weight excluding hydrogens is 344 g/mol. The molecule has 0 saturated heterocycles. The molecule has 1 unspecified atom stereocenters. The highest BCUT2D eigenvalue weighted by molar-refractivity contribution is 5.88. The van der Waals surface area contributed by atoms with Gasteiger partial charge < -0.3 is 10.0 Å². The Labute approximate surface area is 160 Å². The lowest BCUT2D eigenvalue weighted by molar-refractivity contribution is 0.362. The molecular formula is C22H23ClN2O. The van der Waals surface area contributed by atoms with Crippen molar-refractivity contribution in [1.29, 1.82) is 0 Å². The third-order valence-corrected chi connectivity index (χ3v) is 4.80. The highest BCUT2D eigenvalue weighted by Crippen LogP contribution is 2.36. The number of hydrogen-bond acceptors (Lipinski definition) is 3. The molecule has 3 nitrogen and oxygen atoms in total. The average Bonchev–Trinajstić information content (AvgIpc) is 2.59. The predicted molar refractivity (Wildman–Crippen MR) is 111 cm³/mol. The molecule has 2 aromatic carbocycles. The number of rotatable bonds is 3. The number of halogens is 1. The lowest BCUT2D eigenvalue weighted by Crippen LogP contribution is -2.26. The van der Waals surface area contributed by atoms with Gasteiger partial charge in [0, 0.05) is 17.8 Å². The summed E-state index contributed by atoms with van der Waals surface area (Å²) in [6.07, 6.45) is 3.17. The maximum atomic E-state index is 9.90. The Morgan fingerprint density at radius 2 is 1.88 bits per heavy atom. The molecule has 1 heterocycles. The zero-order chi connectivity index (χ0) is 17.4. The van der Waals surface area contributed by atoms with Gasteiger partial charge in [-0.05, 0) is 67.6 Å². The fourth-order valence-electron chi connectivity index (χ4n) is 3.71. The molecule has 1 aliphatic rings. The number of benzene rings is 2. The van der Waals surface area contributed by atoms with Gasteiger partial charge in [-0.1, -0.05) is 30.3 Å². The third kappa shape index (κ3) is 3.59. The van der Waals surface area contributed by atoms with Crippen LogP contribution >= 0.6 is 12.4 Å². The van der Waals surface area contributed by atoms with E-state index in [2.05, 4.69) is 55.4 Å². The monoisotopic (exact) mass is 366 g/mol. The van der Waals surface area contributed by atoms with E-state index in [4.69, 9.17) is 4.98 Å². The molecule has 0 spiro atoms. The molecule has 3 aromatic rings. The Morgan fingerprint density at radius 1 is 1.08 bits per heavy atom. The molecule has 134 valence electrons. The van der Waals surface area contributed by atoms with Crippen LogP contribution in [0.25, 0.3) is 22.6 Å². The van der Waals surface area contributed by atoms with Gasteiger partial charge in [0.2, 0.25) is 0 Å². The predicted octanol–water partition coefficient (Wildman–Crippen LogP) is 4.64. The molecule has 1 atom stereocenters. The van der Waals surface area contributed by atoms with E-state index in [9.17, 15) is 5.11 Å². The van der Waals surface area contributed by atoms with Crippen molar-refractivity contribution in [3.05, 3.63) is 71.4 Å². The first-order chi connectivity index (χ1) is 12.1. The molecule has 26 heavy (non-hydrogen) atoms. The Balaban J connectivity index is 0.00000196. The molecule has 1 aromatic heterocycles. The highest BCUT2D eigenvalue weighted by atomic mass is 35.5. The first kappa shape index (κ1) is 18.4. The average molecular weight is 367 g/mol. The van der Waals surface area contributed by atoms with Gasteiger partial charge in [0.15, 0.2) is 0 Å². The van der Waals surface area contributed by atoms with Crippen LogP contribution in [-0.4, -0.2) is 35.6 Å². The van der Waals surface area contributed by atoms with Gasteiger partial charge in [-0.15, -0.1) is 12.4 Å². The van der Waals surface area contributed by atoms with Crippen molar-refractivity contribution in [2.24, 2.45) is 5.92 Å². The topological polar surface area (TPSA) is 36.4 Å². The van der Waals surface area contributed by atoms with Gasteiger partial charge >= 0.3 is 0 Å². The Morgan fingerprint density at radius 3 is 2.65 bits per heavy atom. The SMILES string of the molecule is CN(C)CC1Cc2cc3ccccc3nc2C=C1c1cccc(O)c1.Cl. The minimum Gasteiger partial charge on any atom is -0.508 e. The molecule has 4 rings (SSSR count). The second-order valence-corrected chi connectivity index (χ2v) is 7.04. The largest absolute Gasteiger partial charge is 0.508 e. The maximum absolute atomic E-state index is 9.90. The van der Waals surface area contributed by atoms with E-state index >= 15 is 0 Å². The first-order valence-corrected chi connectivity index (χ1v) is 8.64. The number of nitrogens with zero attached hydrogens (tertiary/aromatic N) is 2. The van der Waals surface area contributed by atoms with E-state index in [0.29, 0.717) is 11.7 Å². The van der Waals surface area contributed by atoms with Gasteiger partial charge in [0.05, 0.1) is 11.2 Å². The minimum absolute atomic E-state index is 0. The fraction of sp³-hybridized carbons (Fsp3) is 0.227. The molecule has 4 heteroatoms. The van der Waals surface area contributed by atoms with Gasteiger partial charge in [0.1, 0.15) is 5.75 Å². The lowest BCUT2D eigenvalue weighted by Gasteiger charge is -2.28. The fourth-order valence-corrected chi connectivity index (χ4v) is 3.71. The maximum Gasteiger partial charge on any atom is 0.116 e. The number of fused-ring (bicyclic) bond motifs is 2. The minimum atomic E-state index is 0. The summed E-state index contributed by atoms with van der Waals surface area (Å²) in [6, 6.07) is 18.1. The Hall–Kier alpha value is -2.36. The van der Waals surface area contributed by atoms with Crippen molar-refractivity contribution in [3.8, 4) is 5.75 Å². The lowest BCUT2D eigenvalue weighted by atomic mass is 9.81. The van der Waals surface area contributed by atoms with Crippen molar-refractivity contribution in [2.45, 2.75) is 6.42 Å². The Bertz CT molecular complexity index is 965. The first-order valence-electron chi connectivity index (χ1n) is 8.64. The number of phenols is 1. The van der Waals surface area contributed by atoms with Crippen molar-refractivity contribution in [1.82, 2.24) is 9.88 Å². The number of phenolic OH excluding ortho intramolecular Hbond substituents is 1. The van der Waals surface area contributed by atoms with Crippen molar-refractivity contribution >= 4 is 35.0 Å². The summed E-state index contributed by atoms with van der Waals surface area (Å²) in [5.41, 5.74) is 5.70. The standard InChI is InChI=1S/C22H22N2O.ClH/c1-24(2)14-18-11-17-10-16-6-3-4-9-21(16)23-22(17)13-20(18)15-7-5-8-19(25)12-15;/h3-10,12-13,18,25H,11,14H2,1-2H3;1H. The number of aromatic hydroxyl groups is 1. The molecule has 1 aliphatic carbocycles. The van der Waals surface area contributed by atoms with Crippen molar-refractivity contribution in [2.75, 3.05) is 20.6 Å². The van der Waals surface area contributed by atoms with E-state index in [1.54, 1.807) is 6.07 Å². The number of pyridine rings is 1. The zero-order valence-corrected chi connectivity index (χ0v) is 15.8. The molecule has 0 aliphatic heterocycles. The van der Waals surface area contributed by atoms with E-state index in [-0.39, 0.29) is 12.4 Å². The normalized spacial score (nSPS) is 16.1. The summed E-state index contributed by atoms with van der Waals surface area (Å²) in [5, 5.41) is 11.1. The van der Waals surface area contributed by atoms with Crippen LogP contribution < -0.4 is 0 Å². The number of hydrogen-bond donors (Lipinski definition) is 1. The molecule has 0 amide bonds. The molecule has 0 radical (unpaired) electrons. The van der Waals surface area contributed by atoms with Gasteiger partial charge in [-0.3, -0.25) is 0 Å². The van der Waals surface area contributed by atoms with Crippen LogP contribution in [0.3, 0.4) is 0 Å². The molecule has 1 N–H and O–H groups in total. The Kier molecular flexibility index (Phi) is 5.30. The number of para-hydroxylation sites is 1. The molecule has 0 saturated carbocycles. The van der Waals surface area contributed by atoms with Crippen LogP contribution in [0.2, 0.25) is 0 Å². The summed E-state index contributed by atoms with van der Waals surface area (Å²) >= 11 is 0. The second kappa shape index (κ2) is 7.48. The molecule has 0 bridgehead atoms. The van der Waals surface area contributed by atoms with Crippen LogP contribution in [-0.2, 0) is 6.42 Å². The van der Waals surface area contributed by atoms with E-state index < -0.39 is 0 Å². The molecule has 0 fully saturated rings. The highest BCUT2D eigenvalue weighted by Gasteiger charge is 2.24. The van der Waals surface area contributed by atoms with Crippen LogP contribution in [0.1, 0.15) is 16.8 Å². The van der Waals surface area contributed by atoms with E-state index in [1.165, 1.54) is 16.5 Å². The van der Waals surface area contributed by atoms with Crippen LogP contribution in [0.5, 0.6) is 5.75 Å². The summed E-state index contributed by atoms with van der Waals surface area (Å²) < 4.78 is 0. The van der Waals surface area contributed by atoms with Crippen molar-refractivity contribution in [3.63, 3.8) is 0 Å².